The molecule has 0 atom stereocenters. The van der Waals surface area contributed by atoms with E-state index >= 15 is 0 Å². The molecule has 3 rings (SSSR count). The van der Waals surface area contributed by atoms with Crippen LogP contribution in [0.2, 0.25) is 5.15 Å². The van der Waals surface area contributed by atoms with Gasteiger partial charge in [-0.2, -0.15) is 0 Å². The molecule has 0 unspecified atom stereocenters. The summed E-state index contributed by atoms with van der Waals surface area (Å²) in [7, 11) is -3.89. The van der Waals surface area contributed by atoms with Gasteiger partial charge >= 0.3 is 0 Å². The minimum atomic E-state index is -3.89. The highest BCUT2D eigenvalue weighted by molar-refractivity contribution is 7.92. The number of benzene rings is 2. The average Bonchev–Trinajstić information content (AvgIpc) is 2.65. The summed E-state index contributed by atoms with van der Waals surface area (Å²) in [5.74, 6) is 0.475. The zero-order valence-corrected chi connectivity index (χ0v) is 17.3. The summed E-state index contributed by atoms with van der Waals surface area (Å²) in [4.78, 5) is 7.98. The molecular weight excluding hydrogens is 398 g/mol. The lowest BCUT2D eigenvalue weighted by Gasteiger charge is -2.19. The van der Waals surface area contributed by atoms with Crippen LogP contribution in [0.15, 0.2) is 65.8 Å². The largest absolute Gasteiger partial charge is 0.450 e. The van der Waals surface area contributed by atoms with Gasteiger partial charge in [-0.25, -0.2) is 18.4 Å². The van der Waals surface area contributed by atoms with Crippen LogP contribution in [-0.4, -0.2) is 18.4 Å². The van der Waals surface area contributed by atoms with Gasteiger partial charge in [-0.15, -0.1) is 0 Å². The highest BCUT2D eigenvalue weighted by Crippen LogP contribution is 2.34. The number of aromatic nitrogens is 2. The van der Waals surface area contributed by atoms with Crippen LogP contribution >= 0.6 is 11.6 Å². The maximum absolute atomic E-state index is 12.8. The summed E-state index contributed by atoms with van der Waals surface area (Å²) >= 11 is 6.11. The van der Waals surface area contributed by atoms with E-state index in [0.717, 1.165) is 5.56 Å². The highest BCUT2D eigenvalue weighted by atomic mass is 35.5. The number of hydrogen-bond donors (Lipinski definition) is 1. The molecule has 0 bridgehead atoms. The number of sulfonamides is 1. The van der Waals surface area contributed by atoms with Gasteiger partial charge in [0.15, 0.2) is 11.0 Å². The van der Waals surface area contributed by atoms with Crippen LogP contribution in [0.5, 0.6) is 11.5 Å². The summed E-state index contributed by atoms with van der Waals surface area (Å²) in [5, 5.41) is -0.000339. The zero-order chi connectivity index (χ0) is 20.4. The van der Waals surface area contributed by atoms with Gasteiger partial charge < -0.3 is 4.74 Å². The molecule has 3 aromatic rings. The molecule has 0 fully saturated rings. The first-order chi connectivity index (χ1) is 13.2. The van der Waals surface area contributed by atoms with E-state index < -0.39 is 10.0 Å². The molecule has 0 spiro atoms. The Kier molecular flexibility index (Phi) is 5.58. The molecule has 0 saturated heterocycles. The van der Waals surface area contributed by atoms with Crippen molar-refractivity contribution in [3.8, 4) is 11.5 Å². The highest BCUT2D eigenvalue weighted by Gasteiger charge is 2.21. The number of nitrogens with one attached hydrogen (secondary N) is 1. The molecule has 1 heterocycles. The van der Waals surface area contributed by atoms with Crippen LogP contribution in [0, 0.1) is 0 Å². The van der Waals surface area contributed by atoms with Crippen molar-refractivity contribution in [2.24, 2.45) is 0 Å². The molecule has 6 nitrogen and oxygen atoms in total. The van der Waals surface area contributed by atoms with Crippen molar-refractivity contribution in [2.45, 2.75) is 31.1 Å². The topological polar surface area (TPSA) is 81.2 Å². The van der Waals surface area contributed by atoms with Gasteiger partial charge in [-0.3, -0.25) is 4.72 Å². The van der Waals surface area contributed by atoms with Crippen LogP contribution in [0.1, 0.15) is 26.3 Å². The lowest BCUT2D eigenvalue weighted by molar-refractivity contribution is 0.480. The maximum atomic E-state index is 12.8. The van der Waals surface area contributed by atoms with Gasteiger partial charge in [0.25, 0.3) is 10.0 Å². The summed E-state index contributed by atoms with van der Waals surface area (Å²) in [6, 6.07) is 15.5. The first-order valence-electron chi connectivity index (χ1n) is 8.53. The third-order valence-electron chi connectivity index (χ3n) is 3.99. The quantitative estimate of drug-likeness (QED) is 0.589. The fraction of sp³-hybridized carbons (Fsp3) is 0.200. The van der Waals surface area contributed by atoms with E-state index in [2.05, 4.69) is 35.5 Å². The SMILES string of the molecule is CC(C)(C)c1ccc(S(=O)(=O)Nc2ncnc(Cl)c2Oc2ccccc2)cc1. The van der Waals surface area contributed by atoms with E-state index in [1.165, 1.54) is 6.33 Å². The number of hydrogen-bond acceptors (Lipinski definition) is 5. The van der Waals surface area contributed by atoms with Gasteiger partial charge in [-0.1, -0.05) is 62.7 Å². The second kappa shape index (κ2) is 7.77. The Morgan fingerprint density at radius 1 is 0.964 bits per heavy atom. The monoisotopic (exact) mass is 417 g/mol. The smallest absolute Gasteiger partial charge is 0.263 e. The van der Waals surface area contributed by atoms with Crippen LogP contribution in [0.3, 0.4) is 0 Å². The third-order valence-corrected chi connectivity index (χ3v) is 5.61. The molecule has 0 amide bonds. The van der Waals surface area contributed by atoms with Crippen molar-refractivity contribution in [3.05, 3.63) is 71.6 Å². The van der Waals surface area contributed by atoms with Gasteiger partial charge in [0, 0.05) is 0 Å². The van der Waals surface area contributed by atoms with E-state index in [1.807, 2.05) is 6.07 Å². The minimum Gasteiger partial charge on any atom is -0.450 e. The lowest BCUT2D eigenvalue weighted by atomic mass is 9.87. The Balaban J connectivity index is 1.91. The molecule has 0 aliphatic carbocycles. The van der Waals surface area contributed by atoms with E-state index in [9.17, 15) is 8.42 Å². The van der Waals surface area contributed by atoms with Crippen molar-refractivity contribution in [3.63, 3.8) is 0 Å². The lowest BCUT2D eigenvalue weighted by Crippen LogP contribution is -2.16. The number of nitrogens with zero attached hydrogens (tertiary/aromatic N) is 2. The van der Waals surface area contributed by atoms with Gasteiger partial charge in [0.1, 0.15) is 12.1 Å². The van der Waals surface area contributed by atoms with Gasteiger partial charge in [0.2, 0.25) is 5.75 Å². The molecule has 28 heavy (non-hydrogen) atoms. The second-order valence-electron chi connectivity index (χ2n) is 7.14. The summed E-state index contributed by atoms with van der Waals surface area (Å²) < 4.78 is 33.8. The Bertz CT molecular complexity index is 1060. The molecule has 1 aromatic heterocycles. The summed E-state index contributed by atoms with van der Waals surface area (Å²) in [6.45, 7) is 6.18. The number of ether oxygens (including phenoxy) is 1. The average molecular weight is 418 g/mol. The van der Waals surface area contributed by atoms with E-state index in [-0.39, 0.29) is 27.0 Å². The number of halogens is 1. The zero-order valence-electron chi connectivity index (χ0n) is 15.7. The Morgan fingerprint density at radius 2 is 1.61 bits per heavy atom. The molecule has 0 radical (unpaired) electrons. The fourth-order valence-electron chi connectivity index (χ4n) is 2.44. The molecular formula is C20H20ClN3O3S. The van der Waals surface area contributed by atoms with Crippen molar-refractivity contribution in [1.29, 1.82) is 0 Å². The van der Waals surface area contributed by atoms with Crippen molar-refractivity contribution < 1.29 is 13.2 Å². The normalized spacial score (nSPS) is 11.9. The fourth-order valence-corrected chi connectivity index (χ4v) is 3.63. The maximum Gasteiger partial charge on any atom is 0.263 e. The molecule has 0 aliphatic rings. The van der Waals surface area contributed by atoms with Crippen LogP contribution in [-0.2, 0) is 15.4 Å². The Hall–Kier alpha value is -2.64. The molecule has 0 saturated carbocycles. The number of para-hydroxylation sites is 1. The Morgan fingerprint density at radius 3 is 2.21 bits per heavy atom. The van der Waals surface area contributed by atoms with E-state index in [1.54, 1.807) is 48.5 Å². The predicted molar refractivity (Wildman–Crippen MR) is 110 cm³/mol. The molecule has 1 N–H and O–H groups in total. The molecule has 0 aliphatic heterocycles. The number of anilines is 1. The standard InChI is InChI=1S/C20H20ClN3O3S/c1-20(2,3)14-9-11-16(12-10-14)28(25,26)24-19-17(18(21)22-13-23-19)27-15-7-5-4-6-8-15/h4-13H,1-3H3,(H,22,23,24). The van der Waals surface area contributed by atoms with Gasteiger partial charge in [0.05, 0.1) is 4.90 Å². The van der Waals surface area contributed by atoms with E-state index in [4.69, 9.17) is 16.3 Å². The third kappa shape index (κ3) is 4.61. The second-order valence-corrected chi connectivity index (χ2v) is 9.18. The molecule has 2 aromatic carbocycles. The first-order valence-corrected chi connectivity index (χ1v) is 10.4. The minimum absolute atomic E-state index is 0.000339. The van der Waals surface area contributed by atoms with Crippen molar-refractivity contribution in [1.82, 2.24) is 9.97 Å². The van der Waals surface area contributed by atoms with E-state index in [0.29, 0.717) is 5.75 Å². The van der Waals surface area contributed by atoms with Crippen molar-refractivity contribution in [2.75, 3.05) is 4.72 Å². The van der Waals surface area contributed by atoms with Crippen LogP contribution < -0.4 is 9.46 Å². The van der Waals surface area contributed by atoms with Crippen LogP contribution in [0.4, 0.5) is 5.82 Å². The van der Waals surface area contributed by atoms with Crippen molar-refractivity contribution >= 4 is 27.4 Å². The summed E-state index contributed by atoms with van der Waals surface area (Å²) in [6.07, 6.45) is 1.17. The first kappa shape index (κ1) is 20.1. The molecule has 146 valence electrons. The number of rotatable bonds is 5. The molecule has 8 heteroatoms. The van der Waals surface area contributed by atoms with Crippen LogP contribution in [0.25, 0.3) is 0 Å². The predicted octanol–water partition coefficient (Wildman–Crippen LogP) is 5.02. The Labute approximate surface area is 169 Å². The van der Waals surface area contributed by atoms with Gasteiger partial charge in [-0.05, 0) is 35.2 Å². The summed E-state index contributed by atoms with van der Waals surface area (Å²) in [5.41, 5.74) is 0.955.